The first-order valence-electron chi connectivity index (χ1n) is 8.68. The fraction of sp³-hybridized carbons (Fsp3) is 0.632. The highest BCUT2D eigenvalue weighted by atomic mass is 16.1. The van der Waals surface area contributed by atoms with Crippen molar-refractivity contribution in [3.8, 4) is 0 Å². The SMILES string of the molecule is CCCN(CCC)CC(=O)c1ccc(N(CC)CC)c(C)c1. The number of hydrogen-bond donors (Lipinski definition) is 0. The van der Waals surface area contributed by atoms with Crippen LogP contribution in [0.3, 0.4) is 0 Å². The van der Waals surface area contributed by atoms with Crippen molar-refractivity contribution in [3.63, 3.8) is 0 Å². The van der Waals surface area contributed by atoms with Gasteiger partial charge < -0.3 is 4.90 Å². The van der Waals surface area contributed by atoms with Crippen molar-refractivity contribution in [1.82, 2.24) is 4.90 Å². The minimum atomic E-state index is 0.232. The Labute approximate surface area is 136 Å². The first kappa shape index (κ1) is 18.7. The normalized spacial score (nSPS) is 11.0. The third-order valence-electron chi connectivity index (χ3n) is 4.07. The number of carbonyl (C=O) groups is 1. The monoisotopic (exact) mass is 304 g/mol. The molecule has 124 valence electrons. The van der Waals surface area contributed by atoms with Gasteiger partial charge in [0.25, 0.3) is 0 Å². The highest BCUT2D eigenvalue weighted by molar-refractivity contribution is 5.98. The molecule has 0 saturated carbocycles. The molecule has 1 aromatic rings. The summed E-state index contributed by atoms with van der Waals surface area (Å²) in [5, 5.41) is 0. The summed E-state index contributed by atoms with van der Waals surface area (Å²) in [6.07, 6.45) is 2.18. The van der Waals surface area contributed by atoms with Crippen molar-refractivity contribution in [2.45, 2.75) is 47.5 Å². The second-order valence-corrected chi connectivity index (χ2v) is 5.87. The summed E-state index contributed by atoms with van der Waals surface area (Å²) in [4.78, 5) is 17.1. The smallest absolute Gasteiger partial charge is 0.176 e. The van der Waals surface area contributed by atoms with E-state index in [0.717, 1.165) is 44.6 Å². The molecule has 0 amide bonds. The summed E-state index contributed by atoms with van der Waals surface area (Å²) in [6.45, 7) is 15.3. The summed E-state index contributed by atoms with van der Waals surface area (Å²) in [5.41, 5.74) is 3.26. The molecule has 1 rings (SSSR count). The van der Waals surface area contributed by atoms with Gasteiger partial charge in [0.1, 0.15) is 0 Å². The van der Waals surface area contributed by atoms with E-state index in [2.05, 4.69) is 50.5 Å². The molecule has 0 aromatic heterocycles. The molecule has 3 nitrogen and oxygen atoms in total. The van der Waals surface area contributed by atoms with Gasteiger partial charge in [0.15, 0.2) is 5.78 Å². The Morgan fingerprint density at radius 1 is 1.00 bits per heavy atom. The van der Waals surface area contributed by atoms with Crippen LogP contribution in [0.4, 0.5) is 5.69 Å². The Morgan fingerprint density at radius 2 is 1.59 bits per heavy atom. The van der Waals surface area contributed by atoms with Gasteiger partial charge in [0, 0.05) is 24.3 Å². The summed E-state index contributed by atoms with van der Waals surface area (Å²) in [5.74, 6) is 0.232. The van der Waals surface area contributed by atoms with E-state index in [0.29, 0.717) is 6.54 Å². The zero-order valence-electron chi connectivity index (χ0n) is 15.0. The topological polar surface area (TPSA) is 23.6 Å². The summed E-state index contributed by atoms with van der Waals surface area (Å²) < 4.78 is 0. The predicted molar refractivity (Wildman–Crippen MR) is 96.1 cm³/mol. The minimum absolute atomic E-state index is 0.232. The zero-order valence-corrected chi connectivity index (χ0v) is 15.0. The van der Waals surface area contributed by atoms with Gasteiger partial charge >= 0.3 is 0 Å². The van der Waals surface area contributed by atoms with Crippen molar-refractivity contribution >= 4 is 11.5 Å². The molecule has 0 fully saturated rings. The van der Waals surface area contributed by atoms with Gasteiger partial charge in [-0.2, -0.15) is 0 Å². The molecule has 0 aliphatic carbocycles. The van der Waals surface area contributed by atoms with Crippen LogP contribution in [0, 0.1) is 6.92 Å². The van der Waals surface area contributed by atoms with E-state index >= 15 is 0 Å². The molecule has 22 heavy (non-hydrogen) atoms. The number of hydrogen-bond acceptors (Lipinski definition) is 3. The molecular formula is C19H32N2O. The van der Waals surface area contributed by atoms with E-state index in [4.69, 9.17) is 0 Å². The lowest BCUT2D eigenvalue weighted by molar-refractivity contribution is 0.0930. The van der Waals surface area contributed by atoms with E-state index in [1.54, 1.807) is 0 Å². The second kappa shape index (κ2) is 9.62. The fourth-order valence-corrected chi connectivity index (χ4v) is 2.94. The van der Waals surface area contributed by atoms with Gasteiger partial charge in [-0.15, -0.1) is 0 Å². The van der Waals surface area contributed by atoms with Crippen molar-refractivity contribution in [2.24, 2.45) is 0 Å². The molecule has 1 aromatic carbocycles. The van der Waals surface area contributed by atoms with Gasteiger partial charge in [-0.3, -0.25) is 9.69 Å². The fourth-order valence-electron chi connectivity index (χ4n) is 2.94. The molecule has 0 N–H and O–H groups in total. The van der Waals surface area contributed by atoms with E-state index < -0.39 is 0 Å². The van der Waals surface area contributed by atoms with E-state index in [1.165, 1.54) is 11.3 Å². The van der Waals surface area contributed by atoms with E-state index in [9.17, 15) is 4.79 Å². The van der Waals surface area contributed by atoms with Crippen LogP contribution in [0.25, 0.3) is 0 Å². The molecule has 0 heterocycles. The quantitative estimate of drug-likeness (QED) is 0.607. The Bertz CT molecular complexity index is 461. The van der Waals surface area contributed by atoms with Crippen LogP contribution >= 0.6 is 0 Å². The van der Waals surface area contributed by atoms with E-state index in [-0.39, 0.29) is 5.78 Å². The molecule has 0 unspecified atom stereocenters. The standard InChI is InChI=1S/C19H32N2O/c1-6-12-20(13-7-2)15-19(22)17-10-11-18(16(5)14-17)21(8-3)9-4/h10-11,14H,6-9,12-13,15H2,1-5H3. The molecular weight excluding hydrogens is 272 g/mol. The highest BCUT2D eigenvalue weighted by Gasteiger charge is 2.13. The Kier molecular flexibility index (Phi) is 8.18. The van der Waals surface area contributed by atoms with E-state index in [1.807, 2.05) is 12.1 Å². The second-order valence-electron chi connectivity index (χ2n) is 5.87. The van der Waals surface area contributed by atoms with Gasteiger partial charge in [0.2, 0.25) is 0 Å². The van der Waals surface area contributed by atoms with Crippen molar-refractivity contribution in [1.29, 1.82) is 0 Å². The summed E-state index contributed by atoms with van der Waals surface area (Å²) in [6, 6.07) is 6.13. The average Bonchev–Trinajstić information content (AvgIpc) is 2.50. The number of benzene rings is 1. The van der Waals surface area contributed by atoms with Crippen molar-refractivity contribution in [2.75, 3.05) is 37.6 Å². The molecule has 0 radical (unpaired) electrons. The number of Topliss-reactive ketones (excluding diaryl/α,β-unsaturated/α-hetero) is 1. The van der Waals surface area contributed by atoms with Crippen LogP contribution in [0.5, 0.6) is 0 Å². The summed E-state index contributed by atoms with van der Waals surface area (Å²) in [7, 11) is 0. The Balaban J connectivity index is 2.84. The lowest BCUT2D eigenvalue weighted by atomic mass is 10.0. The number of aryl methyl sites for hydroxylation is 1. The van der Waals surface area contributed by atoms with Crippen molar-refractivity contribution < 1.29 is 4.79 Å². The van der Waals surface area contributed by atoms with Gasteiger partial charge in [-0.05, 0) is 70.5 Å². The number of ketones is 1. The third-order valence-corrected chi connectivity index (χ3v) is 4.07. The third kappa shape index (κ3) is 5.13. The molecule has 0 saturated heterocycles. The van der Waals surface area contributed by atoms with Crippen LogP contribution in [-0.2, 0) is 0 Å². The first-order chi connectivity index (χ1) is 10.6. The maximum Gasteiger partial charge on any atom is 0.176 e. The molecule has 3 heteroatoms. The maximum atomic E-state index is 12.5. The maximum absolute atomic E-state index is 12.5. The number of carbonyl (C=O) groups excluding carboxylic acids is 1. The van der Waals surface area contributed by atoms with Crippen LogP contribution in [0.15, 0.2) is 18.2 Å². The van der Waals surface area contributed by atoms with Crippen molar-refractivity contribution in [3.05, 3.63) is 29.3 Å². The van der Waals surface area contributed by atoms with Gasteiger partial charge in [0.05, 0.1) is 6.54 Å². The lowest BCUT2D eigenvalue weighted by Gasteiger charge is -2.24. The predicted octanol–water partition coefficient (Wildman–Crippen LogP) is 4.15. The minimum Gasteiger partial charge on any atom is -0.372 e. The number of nitrogens with zero attached hydrogens (tertiary/aromatic N) is 2. The average molecular weight is 304 g/mol. The zero-order chi connectivity index (χ0) is 16.5. The first-order valence-corrected chi connectivity index (χ1v) is 8.68. The van der Waals surface area contributed by atoms with Crippen LogP contribution < -0.4 is 4.90 Å². The highest BCUT2D eigenvalue weighted by Crippen LogP contribution is 2.21. The van der Waals surface area contributed by atoms with Crippen LogP contribution in [0.2, 0.25) is 0 Å². The molecule has 0 bridgehead atoms. The number of anilines is 1. The Morgan fingerprint density at radius 3 is 2.05 bits per heavy atom. The summed E-state index contributed by atoms with van der Waals surface area (Å²) >= 11 is 0. The Hall–Kier alpha value is -1.35. The molecule has 0 atom stereocenters. The lowest BCUT2D eigenvalue weighted by Crippen LogP contribution is -2.31. The van der Waals surface area contributed by atoms with Crippen LogP contribution in [0.1, 0.15) is 56.5 Å². The van der Waals surface area contributed by atoms with Gasteiger partial charge in [-0.1, -0.05) is 13.8 Å². The van der Waals surface area contributed by atoms with Gasteiger partial charge in [-0.25, -0.2) is 0 Å². The molecule has 0 aliphatic rings. The molecule has 0 spiro atoms. The van der Waals surface area contributed by atoms with Crippen LogP contribution in [-0.4, -0.2) is 43.4 Å². The number of rotatable bonds is 10. The largest absolute Gasteiger partial charge is 0.372 e. The molecule has 0 aliphatic heterocycles.